The number of nitrogens with zero attached hydrogens (tertiary/aromatic N) is 5. The summed E-state index contributed by atoms with van der Waals surface area (Å²) < 4.78 is 29.0. The third-order valence-electron chi connectivity index (χ3n) is 9.37. The van der Waals surface area contributed by atoms with Gasteiger partial charge in [0, 0.05) is 45.1 Å². The Hall–Kier alpha value is -2.94. The van der Waals surface area contributed by atoms with Gasteiger partial charge >= 0.3 is 0 Å². The lowest BCUT2D eigenvalue weighted by Gasteiger charge is -2.44. The molecule has 0 spiro atoms. The normalized spacial score (nSPS) is 26.3. The minimum absolute atomic E-state index is 0.0102. The number of hydrogen-bond donors (Lipinski definition) is 0. The molecule has 1 aromatic heterocycles. The van der Waals surface area contributed by atoms with E-state index in [1.165, 1.54) is 18.2 Å². The number of rotatable bonds is 5. The van der Waals surface area contributed by atoms with Crippen molar-refractivity contribution in [3.05, 3.63) is 47.2 Å². The van der Waals surface area contributed by atoms with Gasteiger partial charge < -0.3 is 9.80 Å². The summed E-state index contributed by atoms with van der Waals surface area (Å²) in [7, 11) is 1.93. The molecular formula is C28H35F2N5O2. The fourth-order valence-electron chi connectivity index (χ4n) is 6.95. The highest BCUT2D eigenvalue weighted by Crippen LogP contribution is 2.67. The van der Waals surface area contributed by atoms with Gasteiger partial charge in [-0.15, -0.1) is 0 Å². The van der Waals surface area contributed by atoms with Gasteiger partial charge in [0.2, 0.25) is 11.8 Å². The van der Waals surface area contributed by atoms with E-state index in [2.05, 4.69) is 24.0 Å². The molecule has 1 saturated heterocycles. The largest absolute Gasteiger partial charge is 0.341 e. The van der Waals surface area contributed by atoms with E-state index >= 15 is 0 Å². The quantitative estimate of drug-likeness (QED) is 0.614. The first-order chi connectivity index (χ1) is 17.5. The summed E-state index contributed by atoms with van der Waals surface area (Å²) >= 11 is 0. The molecule has 2 aromatic rings. The Labute approximate surface area is 216 Å². The summed E-state index contributed by atoms with van der Waals surface area (Å²) in [6, 6.07) is 5.20. The summed E-state index contributed by atoms with van der Waals surface area (Å²) in [5.41, 5.74) is 1.23. The van der Waals surface area contributed by atoms with E-state index in [-0.39, 0.29) is 34.4 Å². The van der Waals surface area contributed by atoms with Crippen molar-refractivity contribution in [1.82, 2.24) is 24.9 Å². The van der Waals surface area contributed by atoms with Gasteiger partial charge in [-0.1, -0.05) is 19.9 Å². The van der Waals surface area contributed by atoms with Crippen molar-refractivity contribution in [3.63, 3.8) is 0 Å². The third kappa shape index (κ3) is 3.85. The van der Waals surface area contributed by atoms with Gasteiger partial charge in [0.05, 0.1) is 17.0 Å². The van der Waals surface area contributed by atoms with Crippen LogP contribution in [0.4, 0.5) is 8.78 Å². The Kier molecular flexibility index (Phi) is 6.33. The molecule has 2 heterocycles. The molecule has 5 rings (SSSR count). The van der Waals surface area contributed by atoms with Gasteiger partial charge in [0.25, 0.3) is 0 Å². The molecule has 2 bridgehead atoms. The van der Waals surface area contributed by atoms with Gasteiger partial charge in [-0.3, -0.25) is 14.5 Å². The van der Waals surface area contributed by atoms with Gasteiger partial charge in [-0.2, -0.15) is 10.2 Å². The summed E-state index contributed by atoms with van der Waals surface area (Å²) in [6.07, 6.45) is 1.78. The Balaban J connectivity index is 1.49. The second kappa shape index (κ2) is 9.11. The van der Waals surface area contributed by atoms with Crippen molar-refractivity contribution in [2.45, 2.75) is 57.9 Å². The summed E-state index contributed by atoms with van der Waals surface area (Å²) in [5, 5.41) is 8.89. The van der Waals surface area contributed by atoms with Gasteiger partial charge in [-0.05, 0) is 61.9 Å². The van der Waals surface area contributed by atoms with Crippen LogP contribution in [0.3, 0.4) is 0 Å². The van der Waals surface area contributed by atoms with Crippen molar-refractivity contribution < 1.29 is 18.4 Å². The molecule has 198 valence electrons. The van der Waals surface area contributed by atoms with E-state index in [0.717, 1.165) is 24.1 Å². The van der Waals surface area contributed by atoms with E-state index < -0.39 is 23.1 Å². The maximum Gasteiger partial charge on any atom is 0.241 e. The Morgan fingerprint density at radius 2 is 1.86 bits per heavy atom. The zero-order valence-electron chi connectivity index (χ0n) is 22.2. The van der Waals surface area contributed by atoms with Crippen LogP contribution in [0.1, 0.15) is 57.7 Å². The molecule has 2 aliphatic carbocycles. The average molecular weight is 512 g/mol. The number of carbonyl (C=O) groups excluding carboxylic acids is 2. The molecule has 0 N–H and O–H groups in total. The third-order valence-corrected chi connectivity index (χ3v) is 9.37. The van der Waals surface area contributed by atoms with E-state index in [0.29, 0.717) is 32.7 Å². The number of halogens is 2. The molecule has 9 heteroatoms. The minimum atomic E-state index is -0.662. The van der Waals surface area contributed by atoms with Crippen molar-refractivity contribution in [3.8, 4) is 11.3 Å². The minimum Gasteiger partial charge on any atom is -0.341 e. The average Bonchev–Trinajstić information content (AvgIpc) is 3.21. The monoisotopic (exact) mass is 511 g/mol. The maximum atomic E-state index is 14.5. The Morgan fingerprint density at radius 3 is 2.51 bits per heavy atom. The van der Waals surface area contributed by atoms with Crippen molar-refractivity contribution >= 4 is 11.8 Å². The highest BCUT2D eigenvalue weighted by atomic mass is 19.1. The van der Waals surface area contributed by atoms with E-state index in [4.69, 9.17) is 0 Å². The van der Waals surface area contributed by atoms with Crippen molar-refractivity contribution in [1.29, 1.82) is 0 Å². The number of hydrogen-bond acceptors (Lipinski definition) is 5. The number of piperazine rings is 1. The van der Waals surface area contributed by atoms with Gasteiger partial charge in [0.1, 0.15) is 17.7 Å². The van der Waals surface area contributed by atoms with Crippen LogP contribution >= 0.6 is 0 Å². The number of fused-ring (bicyclic) bond motifs is 5. The molecule has 2 amide bonds. The van der Waals surface area contributed by atoms with Crippen LogP contribution in [-0.2, 0) is 15.0 Å². The first-order valence-corrected chi connectivity index (χ1v) is 13.1. The van der Waals surface area contributed by atoms with Crippen LogP contribution in [0.25, 0.3) is 11.3 Å². The molecule has 0 radical (unpaired) electrons. The van der Waals surface area contributed by atoms with Crippen LogP contribution in [0.15, 0.2) is 24.3 Å². The summed E-state index contributed by atoms with van der Waals surface area (Å²) in [5.74, 6) is -1.17. The second-order valence-electron chi connectivity index (χ2n) is 11.3. The highest BCUT2D eigenvalue weighted by molar-refractivity contribution is 5.84. The van der Waals surface area contributed by atoms with Crippen molar-refractivity contribution in [2.24, 2.45) is 5.41 Å². The lowest BCUT2D eigenvalue weighted by Crippen LogP contribution is -2.60. The predicted molar refractivity (Wildman–Crippen MR) is 136 cm³/mol. The van der Waals surface area contributed by atoms with Crippen LogP contribution in [0, 0.1) is 17.0 Å². The molecule has 1 saturated carbocycles. The fraction of sp³-hybridized carbons (Fsp3) is 0.571. The second-order valence-corrected chi connectivity index (χ2v) is 11.3. The predicted octanol–water partition coefficient (Wildman–Crippen LogP) is 3.59. The smallest absolute Gasteiger partial charge is 0.241 e. The number of benzene rings is 1. The lowest BCUT2D eigenvalue weighted by molar-refractivity contribution is -0.143. The highest BCUT2D eigenvalue weighted by Gasteiger charge is 2.64. The van der Waals surface area contributed by atoms with E-state index in [1.54, 1.807) is 17.9 Å². The van der Waals surface area contributed by atoms with Crippen molar-refractivity contribution in [2.75, 3.05) is 39.8 Å². The van der Waals surface area contributed by atoms with Gasteiger partial charge in [0.15, 0.2) is 0 Å². The molecule has 3 aliphatic rings. The summed E-state index contributed by atoms with van der Waals surface area (Å²) in [4.78, 5) is 31.5. The van der Waals surface area contributed by atoms with Gasteiger partial charge in [-0.25, -0.2) is 8.78 Å². The topological polar surface area (TPSA) is 69.6 Å². The first-order valence-electron chi connectivity index (χ1n) is 13.1. The number of carbonyl (C=O) groups is 2. The number of aromatic nitrogens is 2. The lowest BCUT2D eigenvalue weighted by atomic mass is 9.68. The van der Waals surface area contributed by atoms with E-state index in [1.807, 2.05) is 23.8 Å². The molecule has 37 heavy (non-hydrogen) atoms. The Bertz CT molecular complexity index is 1230. The zero-order valence-corrected chi connectivity index (χ0v) is 22.2. The van der Waals surface area contributed by atoms with E-state index in [9.17, 15) is 18.4 Å². The maximum absolute atomic E-state index is 14.5. The molecular weight excluding hydrogens is 476 g/mol. The number of likely N-dealkylation sites (N-methyl/N-ethyl adjacent to an activating group) is 2. The zero-order chi connectivity index (χ0) is 26.7. The molecule has 1 aromatic carbocycles. The molecule has 3 atom stereocenters. The molecule has 1 unspecified atom stereocenters. The van der Waals surface area contributed by atoms with Crippen LogP contribution in [0.2, 0.25) is 0 Å². The summed E-state index contributed by atoms with van der Waals surface area (Å²) in [6.45, 7) is 10.6. The van der Waals surface area contributed by atoms with Crippen LogP contribution in [0.5, 0.6) is 0 Å². The molecule has 2 fully saturated rings. The van der Waals surface area contributed by atoms with Crippen LogP contribution < -0.4 is 0 Å². The fourth-order valence-corrected chi connectivity index (χ4v) is 6.95. The Morgan fingerprint density at radius 1 is 1.16 bits per heavy atom. The first kappa shape index (κ1) is 25.7. The molecule has 7 nitrogen and oxygen atoms in total. The molecule has 1 aliphatic heterocycles. The SMILES string of the molecule is CCN(C[C@@]12CC[C@@H](c3cc(-c4c(F)cccc4F)nnc31)C2(C)C)C(=O)C1CN(C(C)=O)CCN1C. The number of amides is 2. The standard InChI is InChI=1S/C28H35F2N5O2/c1-6-34(26(37)23-15-35(17(2)36)13-12-33(23)5)16-28-11-10-19(27(28,3)4)18-14-22(31-32-25(18)28)24-20(29)8-7-9-21(24)30/h7-9,14,19,23H,6,10-13,15-16H2,1-5H3/t19-,23?,28-/m0/s1. The van der Waals surface area contributed by atoms with Crippen LogP contribution in [-0.4, -0.2) is 82.5 Å².